The van der Waals surface area contributed by atoms with Gasteiger partial charge in [0, 0.05) is 19.0 Å². The van der Waals surface area contributed by atoms with Gasteiger partial charge in [-0.25, -0.2) is 8.42 Å². The molecule has 2 fully saturated rings. The third-order valence-electron chi connectivity index (χ3n) is 3.16. The number of amides is 2. The first-order valence-electron chi connectivity index (χ1n) is 5.74. The molecule has 6 nitrogen and oxygen atoms in total. The summed E-state index contributed by atoms with van der Waals surface area (Å²) in [4.78, 5) is 22.7. The van der Waals surface area contributed by atoms with E-state index in [0.29, 0.717) is 19.4 Å². The summed E-state index contributed by atoms with van der Waals surface area (Å²) in [7, 11) is -3.01. The van der Waals surface area contributed by atoms with Crippen molar-refractivity contribution in [3.8, 4) is 0 Å². The van der Waals surface area contributed by atoms with Crippen molar-refractivity contribution in [3.05, 3.63) is 0 Å². The van der Waals surface area contributed by atoms with Gasteiger partial charge in [0.05, 0.1) is 17.4 Å². The maximum absolute atomic E-state index is 11.8. The molecule has 0 spiro atoms. The highest BCUT2D eigenvalue weighted by molar-refractivity contribution is 7.91. The minimum atomic E-state index is -3.01. The topological polar surface area (TPSA) is 92.3 Å². The number of rotatable bonds is 2. The molecule has 0 saturated carbocycles. The van der Waals surface area contributed by atoms with Crippen molar-refractivity contribution in [2.45, 2.75) is 25.3 Å². The minimum Gasteiger partial charge on any atom is -0.355 e. The van der Waals surface area contributed by atoms with Crippen LogP contribution in [0.2, 0.25) is 0 Å². The molecular weight excluding hydrogens is 244 g/mol. The fourth-order valence-corrected chi connectivity index (χ4v) is 3.88. The predicted octanol–water partition coefficient (Wildman–Crippen LogP) is -1.18. The van der Waals surface area contributed by atoms with E-state index >= 15 is 0 Å². The second-order valence-electron chi connectivity index (χ2n) is 4.67. The molecule has 2 aliphatic heterocycles. The van der Waals surface area contributed by atoms with Crippen molar-refractivity contribution < 1.29 is 18.0 Å². The summed E-state index contributed by atoms with van der Waals surface area (Å²) in [5.41, 5.74) is 0. The zero-order valence-electron chi connectivity index (χ0n) is 9.44. The first-order valence-corrected chi connectivity index (χ1v) is 7.56. The van der Waals surface area contributed by atoms with Crippen molar-refractivity contribution in [1.29, 1.82) is 0 Å². The SMILES string of the molecule is O=C1CC(C(=O)NC2CCCS(=O)(=O)C2)CN1. The molecule has 17 heavy (non-hydrogen) atoms. The van der Waals surface area contributed by atoms with Crippen LogP contribution in [-0.2, 0) is 19.4 Å². The molecule has 2 N–H and O–H groups in total. The summed E-state index contributed by atoms with van der Waals surface area (Å²) < 4.78 is 22.8. The van der Waals surface area contributed by atoms with E-state index in [9.17, 15) is 18.0 Å². The third kappa shape index (κ3) is 3.18. The molecule has 7 heteroatoms. The Morgan fingerprint density at radius 3 is 2.76 bits per heavy atom. The van der Waals surface area contributed by atoms with Crippen LogP contribution in [0, 0.1) is 5.92 Å². The lowest BCUT2D eigenvalue weighted by Gasteiger charge is -2.24. The molecule has 96 valence electrons. The van der Waals surface area contributed by atoms with E-state index in [2.05, 4.69) is 10.6 Å². The summed E-state index contributed by atoms with van der Waals surface area (Å²) in [6, 6.07) is -0.294. The van der Waals surface area contributed by atoms with Crippen molar-refractivity contribution >= 4 is 21.7 Å². The smallest absolute Gasteiger partial charge is 0.225 e. The predicted molar refractivity (Wildman–Crippen MR) is 60.9 cm³/mol. The number of hydrogen-bond acceptors (Lipinski definition) is 4. The molecule has 2 amide bonds. The quantitative estimate of drug-likeness (QED) is 0.653. The molecule has 2 saturated heterocycles. The van der Waals surface area contributed by atoms with Gasteiger partial charge in [-0.05, 0) is 12.8 Å². The Hall–Kier alpha value is -1.11. The van der Waals surface area contributed by atoms with Gasteiger partial charge in [-0.15, -0.1) is 0 Å². The van der Waals surface area contributed by atoms with Crippen LogP contribution in [0.1, 0.15) is 19.3 Å². The van der Waals surface area contributed by atoms with Crippen molar-refractivity contribution in [1.82, 2.24) is 10.6 Å². The van der Waals surface area contributed by atoms with Crippen LogP contribution in [0.5, 0.6) is 0 Å². The van der Waals surface area contributed by atoms with Crippen LogP contribution in [0.4, 0.5) is 0 Å². The molecule has 2 atom stereocenters. The highest BCUT2D eigenvalue weighted by atomic mass is 32.2. The molecular formula is C10H16N2O4S. The van der Waals surface area contributed by atoms with Crippen molar-refractivity contribution in [2.24, 2.45) is 5.92 Å². The minimum absolute atomic E-state index is 0.0207. The van der Waals surface area contributed by atoms with Gasteiger partial charge in [-0.1, -0.05) is 0 Å². The zero-order chi connectivity index (χ0) is 12.5. The first-order chi connectivity index (χ1) is 7.96. The summed E-state index contributed by atoms with van der Waals surface area (Å²) in [6.07, 6.45) is 1.49. The Morgan fingerprint density at radius 2 is 2.18 bits per heavy atom. The monoisotopic (exact) mass is 260 g/mol. The Kier molecular flexibility index (Phi) is 3.37. The Labute approximate surface area is 100 Å². The molecule has 0 aromatic heterocycles. The van der Waals surface area contributed by atoms with Gasteiger partial charge in [0.15, 0.2) is 9.84 Å². The van der Waals surface area contributed by atoms with E-state index in [0.717, 1.165) is 0 Å². The van der Waals surface area contributed by atoms with Gasteiger partial charge in [0.2, 0.25) is 11.8 Å². The molecule has 0 aromatic carbocycles. The maximum atomic E-state index is 11.8. The van der Waals surface area contributed by atoms with Gasteiger partial charge in [-0.3, -0.25) is 9.59 Å². The van der Waals surface area contributed by atoms with Crippen LogP contribution in [0.3, 0.4) is 0 Å². The van der Waals surface area contributed by atoms with E-state index in [1.54, 1.807) is 0 Å². The molecule has 2 aliphatic rings. The van der Waals surface area contributed by atoms with Crippen LogP contribution in [0.25, 0.3) is 0 Å². The highest BCUT2D eigenvalue weighted by Gasteiger charge is 2.31. The van der Waals surface area contributed by atoms with E-state index in [1.807, 2.05) is 0 Å². The fraction of sp³-hybridized carbons (Fsp3) is 0.800. The Bertz CT molecular complexity index is 432. The molecule has 0 bridgehead atoms. The third-order valence-corrected chi connectivity index (χ3v) is 4.98. The van der Waals surface area contributed by atoms with Gasteiger partial charge in [0.25, 0.3) is 0 Å². The van der Waals surface area contributed by atoms with Crippen molar-refractivity contribution in [2.75, 3.05) is 18.1 Å². The number of carbonyl (C=O) groups is 2. The maximum Gasteiger partial charge on any atom is 0.225 e. The molecule has 0 aromatic rings. The second kappa shape index (κ2) is 4.64. The summed E-state index contributed by atoms with van der Waals surface area (Å²) in [5, 5.41) is 5.31. The van der Waals surface area contributed by atoms with Crippen LogP contribution < -0.4 is 10.6 Å². The number of hydrogen-bond donors (Lipinski definition) is 2. The van der Waals surface area contributed by atoms with Crippen molar-refractivity contribution in [3.63, 3.8) is 0 Å². The number of carbonyl (C=O) groups excluding carboxylic acids is 2. The summed E-state index contributed by atoms with van der Waals surface area (Å²) >= 11 is 0. The molecule has 2 heterocycles. The van der Waals surface area contributed by atoms with Gasteiger partial charge in [-0.2, -0.15) is 0 Å². The Balaban J connectivity index is 1.88. The van der Waals surface area contributed by atoms with Crippen LogP contribution in [0.15, 0.2) is 0 Å². The van der Waals surface area contributed by atoms with Crippen LogP contribution in [-0.4, -0.2) is 44.3 Å². The van der Waals surface area contributed by atoms with Gasteiger partial charge < -0.3 is 10.6 Å². The summed E-state index contributed by atoms with van der Waals surface area (Å²) in [6.45, 7) is 0.351. The molecule has 0 aliphatic carbocycles. The van der Waals surface area contributed by atoms with E-state index in [1.165, 1.54) is 0 Å². The number of sulfone groups is 1. The van der Waals surface area contributed by atoms with E-state index < -0.39 is 9.84 Å². The molecule has 2 unspecified atom stereocenters. The van der Waals surface area contributed by atoms with Crippen LogP contribution >= 0.6 is 0 Å². The highest BCUT2D eigenvalue weighted by Crippen LogP contribution is 2.14. The lowest BCUT2D eigenvalue weighted by atomic mass is 10.1. The number of nitrogens with one attached hydrogen (secondary N) is 2. The Morgan fingerprint density at radius 1 is 1.41 bits per heavy atom. The van der Waals surface area contributed by atoms with E-state index in [-0.39, 0.29) is 41.7 Å². The molecule has 0 radical (unpaired) electrons. The molecule has 2 rings (SSSR count). The lowest BCUT2D eigenvalue weighted by Crippen LogP contribution is -2.45. The standard InChI is InChI=1S/C10H16N2O4S/c13-9-4-7(5-11-9)10(14)12-8-2-1-3-17(15,16)6-8/h7-8H,1-6H2,(H,11,13)(H,12,14). The first kappa shape index (κ1) is 12.3. The summed E-state index contributed by atoms with van der Waals surface area (Å²) in [5.74, 6) is -0.464. The van der Waals surface area contributed by atoms with Gasteiger partial charge >= 0.3 is 0 Å². The average Bonchev–Trinajstić information content (AvgIpc) is 2.63. The lowest BCUT2D eigenvalue weighted by molar-refractivity contribution is -0.127. The normalized spacial score (nSPS) is 31.9. The largest absolute Gasteiger partial charge is 0.355 e. The van der Waals surface area contributed by atoms with Gasteiger partial charge in [0.1, 0.15) is 0 Å². The zero-order valence-corrected chi connectivity index (χ0v) is 10.3. The fourth-order valence-electron chi connectivity index (χ4n) is 2.25. The van der Waals surface area contributed by atoms with E-state index in [4.69, 9.17) is 0 Å². The second-order valence-corrected chi connectivity index (χ2v) is 6.90. The average molecular weight is 260 g/mol.